The molecule has 2 amide bonds. The van der Waals surface area contributed by atoms with Gasteiger partial charge in [-0.1, -0.05) is 37.3 Å². The summed E-state index contributed by atoms with van der Waals surface area (Å²) in [5.41, 5.74) is 4.71. The Morgan fingerprint density at radius 3 is 2.42 bits per heavy atom. The summed E-state index contributed by atoms with van der Waals surface area (Å²) in [6.07, 6.45) is 0.336. The Morgan fingerprint density at radius 2 is 1.71 bits per heavy atom. The van der Waals surface area contributed by atoms with Gasteiger partial charge in [0.05, 0.1) is 12.8 Å². The summed E-state index contributed by atoms with van der Waals surface area (Å²) >= 11 is 0. The molecule has 0 fully saturated rings. The van der Waals surface area contributed by atoms with Crippen molar-refractivity contribution in [3.8, 4) is 17.0 Å². The number of fused-ring (bicyclic) bond motifs is 1. The van der Waals surface area contributed by atoms with Crippen LogP contribution in [-0.4, -0.2) is 23.9 Å². The van der Waals surface area contributed by atoms with Crippen LogP contribution in [0, 0.1) is 0 Å². The summed E-state index contributed by atoms with van der Waals surface area (Å²) < 4.78 is 5.27. The highest BCUT2D eigenvalue weighted by atomic mass is 16.5. The number of aromatic amines is 1. The Hall–Kier alpha value is -4.06. The third-order valence-electron chi connectivity index (χ3n) is 5.04. The molecular weight excluding hydrogens is 390 g/mol. The number of carbonyl (C=O) groups is 2. The van der Waals surface area contributed by atoms with Gasteiger partial charge in [0.2, 0.25) is 5.91 Å². The van der Waals surface area contributed by atoms with Crippen LogP contribution in [0.15, 0.2) is 72.8 Å². The van der Waals surface area contributed by atoms with Crippen LogP contribution in [0.1, 0.15) is 23.7 Å². The molecule has 0 saturated heterocycles. The van der Waals surface area contributed by atoms with Crippen molar-refractivity contribution in [1.82, 2.24) is 4.98 Å². The Kier molecular flexibility index (Phi) is 5.71. The minimum Gasteiger partial charge on any atom is -0.495 e. The van der Waals surface area contributed by atoms with Crippen molar-refractivity contribution < 1.29 is 14.3 Å². The number of hydrogen-bond donors (Lipinski definition) is 3. The molecule has 0 atom stereocenters. The number of H-pyrrole nitrogens is 1. The molecule has 31 heavy (non-hydrogen) atoms. The zero-order chi connectivity index (χ0) is 21.8. The number of carbonyl (C=O) groups excluding carboxylic acids is 2. The van der Waals surface area contributed by atoms with Crippen molar-refractivity contribution in [3.05, 3.63) is 78.4 Å². The number of amides is 2. The molecular formula is C25H23N3O3. The van der Waals surface area contributed by atoms with Crippen LogP contribution in [-0.2, 0) is 4.79 Å². The predicted molar refractivity (Wildman–Crippen MR) is 124 cm³/mol. The van der Waals surface area contributed by atoms with E-state index in [1.165, 1.54) is 7.11 Å². The van der Waals surface area contributed by atoms with E-state index in [2.05, 4.69) is 27.8 Å². The number of rotatable bonds is 6. The Balaban J connectivity index is 1.50. The molecule has 0 aliphatic carbocycles. The van der Waals surface area contributed by atoms with Crippen LogP contribution >= 0.6 is 0 Å². The first kappa shape index (κ1) is 20.2. The average Bonchev–Trinajstić information content (AvgIpc) is 3.23. The predicted octanol–water partition coefficient (Wildman–Crippen LogP) is 5.44. The first-order chi connectivity index (χ1) is 15.1. The maximum Gasteiger partial charge on any atom is 0.255 e. The lowest BCUT2D eigenvalue weighted by atomic mass is 10.1. The zero-order valence-electron chi connectivity index (χ0n) is 17.4. The highest BCUT2D eigenvalue weighted by Gasteiger charge is 2.12. The smallest absolute Gasteiger partial charge is 0.255 e. The molecule has 0 spiro atoms. The molecule has 3 aromatic carbocycles. The molecule has 1 aromatic heterocycles. The summed E-state index contributed by atoms with van der Waals surface area (Å²) in [7, 11) is 1.52. The van der Waals surface area contributed by atoms with E-state index in [1.54, 1.807) is 25.1 Å². The summed E-state index contributed by atoms with van der Waals surface area (Å²) in [6, 6.07) is 22.8. The van der Waals surface area contributed by atoms with Crippen molar-refractivity contribution in [2.75, 3.05) is 17.7 Å². The second kappa shape index (κ2) is 8.75. The fraction of sp³-hybridized carbons (Fsp3) is 0.120. The van der Waals surface area contributed by atoms with Crippen molar-refractivity contribution >= 4 is 34.1 Å². The number of nitrogens with one attached hydrogen (secondary N) is 3. The summed E-state index contributed by atoms with van der Waals surface area (Å²) in [5.74, 6) is 0.0810. The van der Waals surface area contributed by atoms with Gasteiger partial charge in [-0.15, -0.1) is 0 Å². The average molecular weight is 413 g/mol. The Bertz CT molecular complexity index is 1210. The highest BCUT2D eigenvalue weighted by Crippen LogP contribution is 2.27. The van der Waals surface area contributed by atoms with E-state index in [-0.39, 0.29) is 11.8 Å². The Morgan fingerprint density at radius 1 is 0.935 bits per heavy atom. The minimum absolute atomic E-state index is 0.150. The van der Waals surface area contributed by atoms with E-state index in [4.69, 9.17) is 4.74 Å². The molecule has 6 heteroatoms. The maximum atomic E-state index is 12.7. The maximum absolute atomic E-state index is 12.7. The van der Waals surface area contributed by atoms with E-state index < -0.39 is 0 Å². The molecule has 3 N–H and O–H groups in total. The van der Waals surface area contributed by atoms with Gasteiger partial charge < -0.3 is 20.4 Å². The van der Waals surface area contributed by atoms with Crippen molar-refractivity contribution in [2.24, 2.45) is 0 Å². The standard InChI is InChI=1S/C25H23N3O3/c1-3-24(29)28-22-15-18(10-13-23(22)31-2)25(30)26-19-11-8-16(9-12-19)21-14-17-6-4-5-7-20(17)27-21/h4-15,27H,3H2,1-2H3,(H,26,30)(H,28,29). The number of aromatic nitrogens is 1. The largest absolute Gasteiger partial charge is 0.495 e. The lowest BCUT2D eigenvalue weighted by Gasteiger charge is -2.12. The van der Waals surface area contributed by atoms with Gasteiger partial charge in [-0.25, -0.2) is 0 Å². The third-order valence-corrected chi connectivity index (χ3v) is 5.04. The van der Waals surface area contributed by atoms with Crippen molar-refractivity contribution in [3.63, 3.8) is 0 Å². The zero-order valence-corrected chi connectivity index (χ0v) is 17.4. The lowest BCUT2D eigenvalue weighted by Crippen LogP contribution is -2.14. The third kappa shape index (κ3) is 4.43. The van der Waals surface area contributed by atoms with Gasteiger partial charge in [0, 0.05) is 34.3 Å². The van der Waals surface area contributed by atoms with E-state index in [0.717, 1.165) is 22.2 Å². The number of hydrogen-bond acceptors (Lipinski definition) is 3. The molecule has 4 rings (SSSR count). The van der Waals surface area contributed by atoms with Gasteiger partial charge in [0.15, 0.2) is 0 Å². The first-order valence-corrected chi connectivity index (χ1v) is 10.0. The van der Waals surface area contributed by atoms with Crippen LogP contribution in [0.5, 0.6) is 5.75 Å². The van der Waals surface area contributed by atoms with Crippen LogP contribution in [0.4, 0.5) is 11.4 Å². The molecule has 0 unspecified atom stereocenters. The summed E-state index contributed by atoms with van der Waals surface area (Å²) in [5, 5.41) is 6.81. The van der Waals surface area contributed by atoms with Crippen LogP contribution in [0.2, 0.25) is 0 Å². The van der Waals surface area contributed by atoms with Crippen LogP contribution in [0.3, 0.4) is 0 Å². The van der Waals surface area contributed by atoms with Crippen molar-refractivity contribution in [2.45, 2.75) is 13.3 Å². The molecule has 4 aromatic rings. The molecule has 156 valence electrons. The summed E-state index contributed by atoms with van der Waals surface area (Å²) in [4.78, 5) is 27.9. The number of anilines is 2. The monoisotopic (exact) mass is 413 g/mol. The Labute approximate surface area is 180 Å². The molecule has 0 aliphatic heterocycles. The second-order valence-electron chi connectivity index (χ2n) is 7.12. The SMILES string of the molecule is CCC(=O)Nc1cc(C(=O)Nc2ccc(-c3cc4ccccc4[nH]3)cc2)ccc1OC. The lowest BCUT2D eigenvalue weighted by molar-refractivity contribution is -0.115. The van der Waals surface area contributed by atoms with Gasteiger partial charge in [0.1, 0.15) is 5.75 Å². The van der Waals surface area contributed by atoms with Gasteiger partial charge in [0.25, 0.3) is 5.91 Å². The van der Waals surface area contributed by atoms with E-state index in [0.29, 0.717) is 29.1 Å². The topological polar surface area (TPSA) is 83.2 Å². The summed E-state index contributed by atoms with van der Waals surface area (Å²) in [6.45, 7) is 1.76. The van der Waals surface area contributed by atoms with Gasteiger partial charge in [-0.2, -0.15) is 0 Å². The van der Waals surface area contributed by atoms with E-state index >= 15 is 0 Å². The number of benzene rings is 3. The number of para-hydroxylation sites is 1. The molecule has 6 nitrogen and oxygen atoms in total. The second-order valence-corrected chi connectivity index (χ2v) is 7.12. The van der Waals surface area contributed by atoms with Crippen molar-refractivity contribution in [1.29, 1.82) is 0 Å². The van der Waals surface area contributed by atoms with Gasteiger partial charge in [-0.3, -0.25) is 9.59 Å². The minimum atomic E-state index is -0.270. The van der Waals surface area contributed by atoms with E-state index in [9.17, 15) is 9.59 Å². The van der Waals surface area contributed by atoms with Crippen LogP contribution in [0.25, 0.3) is 22.2 Å². The fourth-order valence-corrected chi connectivity index (χ4v) is 3.35. The number of methoxy groups -OCH3 is 1. The fourth-order valence-electron chi connectivity index (χ4n) is 3.35. The molecule has 0 saturated carbocycles. The highest BCUT2D eigenvalue weighted by molar-refractivity contribution is 6.06. The molecule has 1 heterocycles. The molecule has 0 bridgehead atoms. The molecule has 0 radical (unpaired) electrons. The first-order valence-electron chi connectivity index (χ1n) is 10.0. The van der Waals surface area contributed by atoms with Crippen LogP contribution < -0.4 is 15.4 Å². The van der Waals surface area contributed by atoms with Gasteiger partial charge in [-0.05, 0) is 48.0 Å². The normalized spacial score (nSPS) is 10.6. The van der Waals surface area contributed by atoms with Gasteiger partial charge >= 0.3 is 0 Å². The molecule has 0 aliphatic rings. The number of ether oxygens (including phenoxy) is 1. The quantitative estimate of drug-likeness (QED) is 0.393. The van der Waals surface area contributed by atoms with E-state index in [1.807, 2.05) is 42.5 Å².